The molecule has 0 amide bonds. The number of ether oxygens (including phenoxy) is 1. The monoisotopic (exact) mass is 173 g/mol. The second kappa shape index (κ2) is 6.44. The van der Waals surface area contributed by atoms with Gasteiger partial charge in [-0.05, 0) is 31.8 Å². The molecule has 0 saturated carbocycles. The van der Waals surface area contributed by atoms with Crippen LogP contribution in [0.2, 0.25) is 0 Å². The Morgan fingerprint density at radius 3 is 2.42 bits per heavy atom. The van der Waals surface area contributed by atoms with E-state index < -0.39 is 0 Å². The van der Waals surface area contributed by atoms with Crippen molar-refractivity contribution in [1.82, 2.24) is 5.32 Å². The molecular weight excluding hydrogens is 150 g/mol. The number of hydrogen-bond acceptors (Lipinski definition) is 2. The third-order valence-electron chi connectivity index (χ3n) is 1.93. The number of rotatable bonds is 7. The van der Waals surface area contributed by atoms with Crippen LogP contribution in [0.1, 0.15) is 34.1 Å². The number of hydrogen-bond donors (Lipinski definition) is 1. The lowest BCUT2D eigenvalue weighted by atomic mass is 9.90. The van der Waals surface area contributed by atoms with Crippen LogP contribution >= 0.6 is 0 Å². The van der Waals surface area contributed by atoms with Gasteiger partial charge in [0.05, 0.1) is 6.61 Å². The molecule has 0 radical (unpaired) electrons. The zero-order chi connectivity index (χ0) is 9.45. The van der Waals surface area contributed by atoms with Crippen molar-refractivity contribution < 1.29 is 4.74 Å². The molecule has 0 saturated heterocycles. The van der Waals surface area contributed by atoms with Gasteiger partial charge < -0.3 is 10.1 Å². The van der Waals surface area contributed by atoms with Crippen LogP contribution in [0.25, 0.3) is 0 Å². The average Bonchev–Trinajstić information content (AvgIpc) is 2.01. The first-order chi connectivity index (χ1) is 5.62. The predicted octanol–water partition coefficient (Wildman–Crippen LogP) is 2.05. The van der Waals surface area contributed by atoms with Gasteiger partial charge in [0.2, 0.25) is 0 Å². The molecule has 0 fully saturated rings. The largest absolute Gasteiger partial charge is 0.381 e. The highest BCUT2D eigenvalue weighted by Crippen LogP contribution is 2.19. The molecule has 0 bridgehead atoms. The minimum absolute atomic E-state index is 0.318. The Morgan fingerprint density at radius 1 is 1.25 bits per heavy atom. The van der Waals surface area contributed by atoms with E-state index in [-0.39, 0.29) is 0 Å². The van der Waals surface area contributed by atoms with Crippen molar-refractivity contribution in [2.75, 3.05) is 26.3 Å². The first-order valence-corrected chi connectivity index (χ1v) is 4.91. The Labute approximate surface area is 76.7 Å². The van der Waals surface area contributed by atoms with E-state index in [9.17, 15) is 0 Å². The van der Waals surface area contributed by atoms with Crippen LogP contribution in [0, 0.1) is 5.41 Å². The topological polar surface area (TPSA) is 21.3 Å². The molecule has 0 spiro atoms. The zero-order valence-corrected chi connectivity index (χ0v) is 8.94. The van der Waals surface area contributed by atoms with Gasteiger partial charge in [-0.1, -0.05) is 20.8 Å². The van der Waals surface area contributed by atoms with Gasteiger partial charge in [-0.25, -0.2) is 0 Å². The van der Waals surface area contributed by atoms with E-state index in [1.807, 2.05) is 6.92 Å². The van der Waals surface area contributed by atoms with E-state index in [0.29, 0.717) is 5.41 Å². The lowest BCUT2D eigenvalue weighted by Crippen LogP contribution is -2.26. The third-order valence-corrected chi connectivity index (χ3v) is 1.93. The molecule has 2 heteroatoms. The highest BCUT2D eigenvalue weighted by Gasteiger charge is 2.16. The standard InChI is InChI=1S/C10H23NO/c1-5-11-8-7-10(3,4)9-12-6-2/h11H,5-9H2,1-4H3. The van der Waals surface area contributed by atoms with Crippen LogP contribution in [-0.4, -0.2) is 26.3 Å². The first-order valence-electron chi connectivity index (χ1n) is 4.91. The predicted molar refractivity (Wildman–Crippen MR) is 53.4 cm³/mol. The summed E-state index contributed by atoms with van der Waals surface area (Å²) in [6.45, 7) is 12.5. The van der Waals surface area contributed by atoms with Crippen molar-refractivity contribution in [1.29, 1.82) is 0 Å². The minimum atomic E-state index is 0.318. The van der Waals surface area contributed by atoms with Crippen molar-refractivity contribution >= 4 is 0 Å². The average molecular weight is 173 g/mol. The summed E-state index contributed by atoms with van der Waals surface area (Å²) in [6, 6.07) is 0. The second-order valence-electron chi connectivity index (χ2n) is 3.90. The Bertz CT molecular complexity index is 102. The summed E-state index contributed by atoms with van der Waals surface area (Å²) in [5, 5.41) is 3.33. The van der Waals surface area contributed by atoms with Crippen LogP contribution in [0.5, 0.6) is 0 Å². The Kier molecular flexibility index (Phi) is 6.39. The molecule has 0 aliphatic carbocycles. The van der Waals surface area contributed by atoms with Crippen molar-refractivity contribution in [2.45, 2.75) is 34.1 Å². The zero-order valence-electron chi connectivity index (χ0n) is 8.94. The van der Waals surface area contributed by atoms with Crippen molar-refractivity contribution in [3.05, 3.63) is 0 Å². The summed E-state index contributed by atoms with van der Waals surface area (Å²) in [4.78, 5) is 0. The van der Waals surface area contributed by atoms with Crippen molar-refractivity contribution in [2.24, 2.45) is 5.41 Å². The van der Waals surface area contributed by atoms with Crippen molar-refractivity contribution in [3.8, 4) is 0 Å². The smallest absolute Gasteiger partial charge is 0.0517 e. The molecule has 0 aromatic rings. The van der Waals surface area contributed by atoms with Crippen LogP contribution in [0.4, 0.5) is 0 Å². The summed E-state index contributed by atoms with van der Waals surface area (Å²) in [5.41, 5.74) is 0.318. The molecule has 0 aromatic heterocycles. The molecule has 0 unspecified atom stereocenters. The molecule has 0 aromatic carbocycles. The summed E-state index contributed by atoms with van der Waals surface area (Å²) in [7, 11) is 0. The molecule has 0 atom stereocenters. The maximum absolute atomic E-state index is 5.40. The molecule has 0 aliphatic heterocycles. The van der Waals surface area contributed by atoms with Gasteiger partial charge >= 0.3 is 0 Å². The summed E-state index contributed by atoms with van der Waals surface area (Å²) in [6.07, 6.45) is 1.18. The van der Waals surface area contributed by atoms with E-state index >= 15 is 0 Å². The van der Waals surface area contributed by atoms with Gasteiger partial charge in [-0.2, -0.15) is 0 Å². The Morgan fingerprint density at radius 2 is 1.92 bits per heavy atom. The molecular formula is C10H23NO. The highest BCUT2D eigenvalue weighted by atomic mass is 16.5. The quantitative estimate of drug-likeness (QED) is 0.595. The maximum atomic E-state index is 5.40. The van der Waals surface area contributed by atoms with E-state index in [0.717, 1.165) is 26.3 Å². The minimum Gasteiger partial charge on any atom is -0.381 e. The lowest BCUT2D eigenvalue weighted by Gasteiger charge is -2.24. The Balaban J connectivity index is 3.42. The molecule has 0 rings (SSSR count). The van der Waals surface area contributed by atoms with Gasteiger partial charge in [0.15, 0.2) is 0 Å². The van der Waals surface area contributed by atoms with Gasteiger partial charge in [0.1, 0.15) is 0 Å². The second-order valence-corrected chi connectivity index (χ2v) is 3.90. The summed E-state index contributed by atoms with van der Waals surface area (Å²) in [5.74, 6) is 0. The van der Waals surface area contributed by atoms with Gasteiger partial charge in [0.25, 0.3) is 0 Å². The molecule has 0 aliphatic rings. The van der Waals surface area contributed by atoms with Crippen LogP contribution in [0.15, 0.2) is 0 Å². The molecule has 0 heterocycles. The van der Waals surface area contributed by atoms with E-state index in [2.05, 4.69) is 26.1 Å². The highest BCUT2D eigenvalue weighted by molar-refractivity contribution is 4.68. The van der Waals surface area contributed by atoms with Crippen molar-refractivity contribution in [3.63, 3.8) is 0 Å². The molecule has 2 nitrogen and oxygen atoms in total. The van der Waals surface area contributed by atoms with Crippen LogP contribution in [0.3, 0.4) is 0 Å². The fourth-order valence-corrected chi connectivity index (χ4v) is 1.05. The molecule has 74 valence electrons. The van der Waals surface area contributed by atoms with Gasteiger partial charge in [-0.3, -0.25) is 0 Å². The Hall–Kier alpha value is -0.0800. The van der Waals surface area contributed by atoms with Crippen LogP contribution < -0.4 is 5.32 Å². The van der Waals surface area contributed by atoms with E-state index in [4.69, 9.17) is 4.74 Å². The first kappa shape index (κ1) is 11.9. The maximum Gasteiger partial charge on any atom is 0.0517 e. The summed E-state index contributed by atoms with van der Waals surface area (Å²) < 4.78 is 5.40. The molecule has 12 heavy (non-hydrogen) atoms. The normalized spacial score (nSPS) is 12.0. The number of nitrogens with one attached hydrogen (secondary N) is 1. The lowest BCUT2D eigenvalue weighted by molar-refractivity contribution is 0.0663. The van der Waals surface area contributed by atoms with E-state index in [1.54, 1.807) is 0 Å². The van der Waals surface area contributed by atoms with Gasteiger partial charge in [-0.15, -0.1) is 0 Å². The summed E-state index contributed by atoms with van der Waals surface area (Å²) >= 11 is 0. The SMILES string of the molecule is CCNCCC(C)(C)COCC. The fraction of sp³-hybridized carbons (Fsp3) is 1.00. The molecule has 1 N–H and O–H groups in total. The van der Waals surface area contributed by atoms with Crippen LogP contribution in [-0.2, 0) is 4.74 Å². The third kappa shape index (κ3) is 6.62. The fourth-order valence-electron chi connectivity index (χ4n) is 1.05. The van der Waals surface area contributed by atoms with E-state index in [1.165, 1.54) is 6.42 Å². The van der Waals surface area contributed by atoms with Gasteiger partial charge in [0, 0.05) is 6.61 Å².